The van der Waals surface area contributed by atoms with Crippen molar-refractivity contribution in [2.75, 3.05) is 46.6 Å². The molecule has 17 nitrogen and oxygen atoms in total. The SMILES string of the molecule is COC(=O)CNC(=O)CN(CCC/C=C\CO[C@@H]1O[C@H](COC(C)=O)[C@H](OC(C)=O)[C@H](OC(C)=O)[C@H]1OC(C)=O)C(=O)OCC1c2ccccc2-c2ccccc21. The number of amides is 2. The Morgan fingerprint density at radius 3 is 1.93 bits per heavy atom. The molecule has 2 aromatic carbocycles. The van der Waals surface area contributed by atoms with Crippen LogP contribution in [-0.2, 0) is 66.7 Å². The van der Waals surface area contributed by atoms with E-state index in [0.717, 1.165) is 43.0 Å². The highest BCUT2D eigenvalue weighted by Gasteiger charge is 2.52. The molecule has 0 radical (unpaired) electrons. The molecular formula is C40H48N2O15. The largest absolute Gasteiger partial charge is 0.468 e. The van der Waals surface area contributed by atoms with Crippen molar-refractivity contribution in [3.05, 3.63) is 71.8 Å². The van der Waals surface area contributed by atoms with Gasteiger partial charge in [-0.3, -0.25) is 33.7 Å². The van der Waals surface area contributed by atoms with Gasteiger partial charge in [0.2, 0.25) is 5.91 Å². The van der Waals surface area contributed by atoms with Crippen LogP contribution >= 0.6 is 0 Å². The first-order chi connectivity index (χ1) is 27.3. The van der Waals surface area contributed by atoms with Crippen molar-refractivity contribution in [2.24, 2.45) is 0 Å². The monoisotopic (exact) mass is 796 g/mol. The fourth-order valence-corrected chi connectivity index (χ4v) is 6.45. The molecule has 0 saturated carbocycles. The number of methoxy groups -OCH3 is 1. The van der Waals surface area contributed by atoms with Crippen LogP contribution in [0.4, 0.5) is 4.79 Å². The Bertz CT molecular complexity index is 1750. The van der Waals surface area contributed by atoms with Crippen molar-refractivity contribution in [3.63, 3.8) is 0 Å². The van der Waals surface area contributed by atoms with Crippen molar-refractivity contribution in [2.45, 2.75) is 77.2 Å². The number of fused-ring (bicyclic) bond motifs is 3. The fourth-order valence-electron chi connectivity index (χ4n) is 6.45. The first kappa shape index (κ1) is 43.9. The van der Waals surface area contributed by atoms with E-state index in [-0.39, 0.29) is 38.8 Å². The third-order valence-electron chi connectivity index (χ3n) is 8.86. The number of ether oxygens (including phenoxy) is 8. The van der Waals surface area contributed by atoms with E-state index in [1.54, 1.807) is 12.2 Å². The molecule has 1 aliphatic heterocycles. The molecule has 17 heteroatoms. The first-order valence-corrected chi connectivity index (χ1v) is 18.3. The second-order valence-electron chi connectivity index (χ2n) is 13.1. The molecule has 4 rings (SSSR count). The molecule has 0 aromatic heterocycles. The van der Waals surface area contributed by atoms with Gasteiger partial charge in [0.15, 0.2) is 24.6 Å². The van der Waals surface area contributed by atoms with Crippen molar-refractivity contribution in [1.29, 1.82) is 0 Å². The van der Waals surface area contributed by atoms with Gasteiger partial charge in [-0.25, -0.2) is 4.79 Å². The third-order valence-corrected chi connectivity index (χ3v) is 8.86. The molecule has 1 N–H and O–H groups in total. The van der Waals surface area contributed by atoms with E-state index >= 15 is 0 Å². The van der Waals surface area contributed by atoms with Gasteiger partial charge in [-0.2, -0.15) is 0 Å². The number of carbonyl (C=O) groups excluding carboxylic acids is 7. The van der Waals surface area contributed by atoms with Gasteiger partial charge in [0.05, 0.1) is 13.7 Å². The lowest BCUT2D eigenvalue weighted by molar-refractivity contribution is -0.305. The summed E-state index contributed by atoms with van der Waals surface area (Å²) in [7, 11) is 1.19. The molecule has 2 aliphatic rings. The molecular weight excluding hydrogens is 748 g/mol. The van der Waals surface area contributed by atoms with Crippen LogP contribution in [0, 0.1) is 0 Å². The number of allylic oxidation sites excluding steroid dienone is 1. The van der Waals surface area contributed by atoms with Crippen molar-refractivity contribution in [3.8, 4) is 11.1 Å². The van der Waals surface area contributed by atoms with Crippen LogP contribution < -0.4 is 5.32 Å². The normalized spacial score (nSPS) is 19.7. The van der Waals surface area contributed by atoms with Crippen LogP contribution in [0.1, 0.15) is 57.6 Å². The summed E-state index contributed by atoms with van der Waals surface area (Å²) in [5.74, 6) is -4.35. The number of benzene rings is 2. The summed E-state index contributed by atoms with van der Waals surface area (Å²) < 4.78 is 43.4. The van der Waals surface area contributed by atoms with Crippen molar-refractivity contribution < 1.29 is 71.5 Å². The Hall–Kier alpha value is -5.81. The van der Waals surface area contributed by atoms with Crippen molar-refractivity contribution >= 4 is 41.8 Å². The Balaban J connectivity index is 1.39. The zero-order valence-corrected chi connectivity index (χ0v) is 32.5. The van der Waals surface area contributed by atoms with Crippen LogP contribution in [0.2, 0.25) is 0 Å². The van der Waals surface area contributed by atoms with Gasteiger partial charge in [-0.1, -0.05) is 60.7 Å². The number of rotatable bonds is 18. The number of hydrogen-bond acceptors (Lipinski definition) is 15. The van der Waals surface area contributed by atoms with Crippen LogP contribution in [0.3, 0.4) is 0 Å². The molecule has 0 bridgehead atoms. The fraction of sp³-hybridized carbons (Fsp3) is 0.475. The Morgan fingerprint density at radius 1 is 0.737 bits per heavy atom. The van der Waals surface area contributed by atoms with Gasteiger partial charge in [0, 0.05) is 40.2 Å². The van der Waals surface area contributed by atoms with Gasteiger partial charge in [-0.15, -0.1) is 0 Å². The number of unbranched alkanes of at least 4 members (excludes halogenated alkanes) is 1. The summed E-state index contributed by atoms with van der Waals surface area (Å²) in [4.78, 5) is 86.7. The quantitative estimate of drug-likeness (QED) is 0.0996. The minimum Gasteiger partial charge on any atom is -0.468 e. The molecule has 1 saturated heterocycles. The molecule has 308 valence electrons. The van der Waals surface area contributed by atoms with Crippen LogP contribution in [0.5, 0.6) is 0 Å². The predicted molar refractivity (Wildman–Crippen MR) is 198 cm³/mol. The lowest BCUT2D eigenvalue weighted by atomic mass is 9.98. The zero-order valence-electron chi connectivity index (χ0n) is 32.5. The van der Waals surface area contributed by atoms with E-state index in [0.29, 0.717) is 12.8 Å². The van der Waals surface area contributed by atoms with Gasteiger partial charge in [-0.05, 0) is 35.1 Å². The third kappa shape index (κ3) is 12.9. The summed E-state index contributed by atoms with van der Waals surface area (Å²) in [5.41, 5.74) is 4.20. The molecule has 0 unspecified atom stereocenters. The average Bonchev–Trinajstić information content (AvgIpc) is 3.49. The maximum absolute atomic E-state index is 13.4. The van der Waals surface area contributed by atoms with Gasteiger partial charge in [0.1, 0.15) is 32.4 Å². The molecule has 2 aromatic rings. The van der Waals surface area contributed by atoms with Crippen LogP contribution in [0.15, 0.2) is 60.7 Å². The highest BCUT2D eigenvalue weighted by molar-refractivity contribution is 5.85. The molecule has 1 heterocycles. The maximum atomic E-state index is 13.4. The summed E-state index contributed by atoms with van der Waals surface area (Å²) in [6, 6.07) is 15.8. The van der Waals surface area contributed by atoms with E-state index in [1.807, 2.05) is 48.5 Å². The minimum absolute atomic E-state index is 0.0453. The Morgan fingerprint density at radius 2 is 1.33 bits per heavy atom. The van der Waals surface area contributed by atoms with E-state index in [1.165, 1.54) is 18.9 Å². The summed E-state index contributed by atoms with van der Waals surface area (Å²) >= 11 is 0. The van der Waals surface area contributed by atoms with E-state index in [9.17, 15) is 33.6 Å². The minimum atomic E-state index is -1.37. The average molecular weight is 797 g/mol. The highest BCUT2D eigenvalue weighted by atomic mass is 16.7. The molecule has 1 aliphatic carbocycles. The van der Waals surface area contributed by atoms with Gasteiger partial charge >= 0.3 is 35.9 Å². The topological polar surface area (TPSA) is 209 Å². The van der Waals surface area contributed by atoms with Crippen molar-refractivity contribution in [1.82, 2.24) is 10.2 Å². The number of nitrogens with zero attached hydrogens (tertiary/aromatic N) is 1. The second kappa shape index (κ2) is 21.5. The maximum Gasteiger partial charge on any atom is 0.410 e. The number of esters is 5. The highest BCUT2D eigenvalue weighted by Crippen LogP contribution is 2.44. The lowest BCUT2D eigenvalue weighted by Crippen LogP contribution is -2.62. The zero-order chi connectivity index (χ0) is 41.5. The van der Waals surface area contributed by atoms with Crippen LogP contribution in [-0.4, -0.2) is 124 Å². The van der Waals surface area contributed by atoms with E-state index in [2.05, 4.69) is 10.1 Å². The molecule has 5 atom stereocenters. The van der Waals surface area contributed by atoms with Crippen LogP contribution in [0.25, 0.3) is 11.1 Å². The van der Waals surface area contributed by atoms with E-state index < -0.39 is 79.2 Å². The number of nitrogens with one attached hydrogen (secondary N) is 1. The standard InChI is InChI=1S/C40H48N2O15/c1-24(43)52-23-33-36(54-25(2)44)37(55-26(3)45)38(56-27(4)46)39(57-33)51-19-13-7-6-12-18-42(21-34(47)41-20-35(48)50-5)40(49)53-22-32-30-16-10-8-14-28(30)29-15-9-11-17-31(29)32/h7-11,13-17,32-33,36-39H,6,12,18-23H2,1-5H3,(H,41,47)/b13-7-/t33-,36+,37+,38-,39-/m1/s1. The number of carbonyl (C=O) groups is 7. The summed E-state index contributed by atoms with van der Waals surface area (Å²) in [6.07, 6.45) is -3.06. The second-order valence-corrected chi connectivity index (χ2v) is 13.1. The number of hydrogen-bond donors (Lipinski definition) is 1. The molecule has 0 spiro atoms. The lowest BCUT2D eigenvalue weighted by Gasteiger charge is -2.43. The summed E-state index contributed by atoms with van der Waals surface area (Å²) in [6.45, 7) is 3.48. The molecule has 57 heavy (non-hydrogen) atoms. The smallest absolute Gasteiger partial charge is 0.410 e. The van der Waals surface area contributed by atoms with E-state index in [4.69, 9.17) is 33.2 Å². The Labute approximate surface area is 329 Å². The molecule has 2 amide bonds. The predicted octanol–water partition coefficient (Wildman–Crippen LogP) is 2.96. The van der Waals surface area contributed by atoms with Gasteiger partial charge < -0.3 is 43.2 Å². The molecule has 1 fully saturated rings. The first-order valence-electron chi connectivity index (χ1n) is 18.3. The van der Waals surface area contributed by atoms with Gasteiger partial charge in [0.25, 0.3) is 0 Å². The summed E-state index contributed by atoms with van der Waals surface area (Å²) in [5, 5.41) is 2.44. The Kier molecular flexibility index (Phi) is 16.5.